The van der Waals surface area contributed by atoms with E-state index >= 15 is 0 Å². The highest BCUT2D eigenvalue weighted by Crippen LogP contribution is 2.33. The number of halogens is 1. The summed E-state index contributed by atoms with van der Waals surface area (Å²) in [5, 5.41) is 10.3. The summed E-state index contributed by atoms with van der Waals surface area (Å²) in [6, 6.07) is 2.71. The van der Waals surface area contributed by atoms with Crippen LogP contribution >= 0.6 is 11.6 Å². The Morgan fingerprint density at radius 1 is 1.35 bits per heavy atom. The van der Waals surface area contributed by atoms with Crippen molar-refractivity contribution < 1.29 is 19.2 Å². The van der Waals surface area contributed by atoms with Crippen molar-refractivity contribution in [1.82, 2.24) is 0 Å². The number of hydrogen-bond acceptors (Lipinski definition) is 5. The normalized spacial score (nSPS) is 9.82. The number of ketones is 1. The third kappa shape index (κ3) is 3.07. The molecule has 1 rings (SSSR count). The minimum Gasteiger partial charge on any atom is -0.493 e. The van der Waals surface area contributed by atoms with Crippen molar-refractivity contribution in [2.45, 2.75) is 0 Å². The van der Waals surface area contributed by atoms with E-state index in [-0.39, 0.29) is 10.6 Å². The zero-order valence-electron chi connectivity index (χ0n) is 9.23. The predicted molar refractivity (Wildman–Crippen MR) is 60.7 cm³/mol. The molecule has 1 aromatic rings. The minimum absolute atomic E-state index is 0.0426. The molecule has 0 spiro atoms. The Balaban J connectivity index is 3.16. The van der Waals surface area contributed by atoms with Gasteiger partial charge in [-0.3, -0.25) is 14.9 Å². The monoisotopic (exact) mass is 259 g/mol. The van der Waals surface area contributed by atoms with Crippen LogP contribution in [0.1, 0.15) is 10.4 Å². The van der Waals surface area contributed by atoms with Crippen LogP contribution in [0, 0.1) is 10.1 Å². The highest BCUT2D eigenvalue weighted by molar-refractivity contribution is 6.34. The molecule has 0 bridgehead atoms. The molecule has 92 valence electrons. The SMILES string of the molecule is COc1cc(Cl)c(C(=O)C[N+](=O)[O-])cc1OC. The van der Waals surface area contributed by atoms with Gasteiger partial charge in [-0.05, 0) is 6.07 Å². The number of carbonyl (C=O) groups excluding carboxylic acids is 1. The topological polar surface area (TPSA) is 78.7 Å². The van der Waals surface area contributed by atoms with E-state index in [0.717, 1.165) is 0 Å². The van der Waals surface area contributed by atoms with E-state index < -0.39 is 17.3 Å². The summed E-state index contributed by atoms with van der Waals surface area (Å²) in [6.07, 6.45) is 0. The largest absolute Gasteiger partial charge is 0.493 e. The van der Waals surface area contributed by atoms with Gasteiger partial charge in [0.25, 0.3) is 6.54 Å². The van der Waals surface area contributed by atoms with Crippen LogP contribution in [0.5, 0.6) is 11.5 Å². The van der Waals surface area contributed by atoms with Gasteiger partial charge in [-0.25, -0.2) is 0 Å². The van der Waals surface area contributed by atoms with E-state index in [2.05, 4.69) is 0 Å². The first-order chi connectivity index (χ1) is 7.99. The summed E-state index contributed by atoms with van der Waals surface area (Å²) in [7, 11) is 2.82. The van der Waals surface area contributed by atoms with Gasteiger partial charge in [0.2, 0.25) is 5.78 Å². The van der Waals surface area contributed by atoms with Crippen LogP contribution in [-0.2, 0) is 0 Å². The van der Waals surface area contributed by atoms with Gasteiger partial charge in [-0.2, -0.15) is 0 Å². The molecule has 0 radical (unpaired) electrons. The Labute approximate surface area is 102 Å². The number of nitro groups is 1. The zero-order chi connectivity index (χ0) is 13.0. The Morgan fingerprint density at radius 2 is 1.88 bits per heavy atom. The van der Waals surface area contributed by atoms with Crippen molar-refractivity contribution in [2.75, 3.05) is 20.8 Å². The number of nitrogens with zero attached hydrogens (tertiary/aromatic N) is 1. The Bertz CT molecular complexity index is 460. The van der Waals surface area contributed by atoms with Gasteiger partial charge in [0.1, 0.15) is 0 Å². The van der Waals surface area contributed by atoms with Crippen molar-refractivity contribution in [2.24, 2.45) is 0 Å². The lowest BCUT2D eigenvalue weighted by Crippen LogP contribution is -2.14. The first kappa shape index (κ1) is 13.2. The quantitative estimate of drug-likeness (QED) is 0.458. The molecule has 0 aliphatic rings. The Morgan fingerprint density at radius 3 is 2.35 bits per heavy atom. The second-order valence-electron chi connectivity index (χ2n) is 3.10. The van der Waals surface area contributed by atoms with Gasteiger partial charge in [0.05, 0.1) is 19.2 Å². The molecule has 0 aliphatic heterocycles. The minimum atomic E-state index is -0.810. The zero-order valence-corrected chi connectivity index (χ0v) is 9.98. The molecule has 0 saturated carbocycles. The standard InChI is InChI=1S/C10H10ClNO5/c1-16-9-3-6(8(13)5-12(14)15)7(11)4-10(9)17-2/h3-4H,5H2,1-2H3. The lowest BCUT2D eigenvalue weighted by atomic mass is 10.1. The molecule has 0 atom stereocenters. The van der Waals surface area contributed by atoms with Crippen molar-refractivity contribution in [1.29, 1.82) is 0 Å². The average molecular weight is 260 g/mol. The fraction of sp³-hybridized carbons (Fsp3) is 0.300. The highest BCUT2D eigenvalue weighted by Gasteiger charge is 2.19. The van der Waals surface area contributed by atoms with E-state index in [1.54, 1.807) is 0 Å². The summed E-state index contributed by atoms with van der Waals surface area (Å²) >= 11 is 5.84. The average Bonchev–Trinajstić information content (AvgIpc) is 2.27. The summed E-state index contributed by atoms with van der Waals surface area (Å²) in [5.74, 6) is -0.0281. The van der Waals surface area contributed by atoms with Crippen LogP contribution in [0.3, 0.4) is 0 Å². The van der Waals surface area contributed by atoms with Crippen LogP contribution in [0.4, 0.5) is 0 Å². The van der Waals surface area contributed by atoms with E-state index in [1.165, 1.54) is 26.4 Å². The summed E-state index contributed by atoms with van der Waals surface area (Å²) < 4.78 is 9.96. The molecule has 17 heavy (non-hydrogen) atoms. The van der Waals surface area contributed by atoms with Gasteiger partial charge in [0.15, 0.2) is 11.5 Å². The Hall–Kier alpha value is -1.82. The molecular formula is C10H10ClNO5. The second-order valence-corrected chi connectivity index (χ2v) is 3.51. The molecule has 0 aromatic heterocycles. The van der Waals surface area contributed by atoms with Gasteiger partial charge >= 0.3 is 0 Å². The van der Waals surface area contributed by atoms with Crippen molar-refractivity contribution >= 4 is 17.4 Å². The number of Topliss-reactive ketones (excluding diaryl/α,β-unsaturated/α-hetero) is 1. The number of carbonyl (C=O) groups is 1. The maximum atomic E-state index is 11.5. The lowest BCUT2D eigenvalue weighted by Gasteiger charge is -2.09. The lowest BCUT2D eigenvalue weighted by molar-refractivity contribution is -0.465. The Kier molecular flexibility index (Phi) is 4.28. The fourth-order valence-corrected chi connectivity index (χ4v) is 1.53. The highest BCUT2D eigenvalue weighted by atomic mass is 35.5. The third-order valence-electron chi connectivity index (χ3n) is 2.05. The third-order valence-corrected chi connectivity index (χ3v) is 2.36. The second kappa shape index (κ2) is 5.49. The van der Waals surface area contributed by atoms with E-state index in [0.29, 0.717) is 11.5 Å². The molecule has 1 aromatic carbocycles. The van der Waals surface area contributed by atoms with Gasteiger partial charge < -0.3 is 9.47 Å². The summed E-state index contributed by atoms with van der Waals surface area (Å²) in [5.41, 5.74) is 0.0426. The number of ether oxygens (including phenoxy) is 2. The van der Waals surface area contributed by atoms with E-state index in [1.807, 2.05) is 0 Å². The molecule has 0 N–H and O–H groups in total. The van der Waals surface area contributed by atoms with Crippen LogP contribution in [0.2, 0.25) is 5.02 Å². The van der Waals surface area contributed by atoms with Crippen molar-refractivity contribution in [3.05, 3.63) is 32.8 Å². The van der Waals surface area contributed by atoms with Crippen LogP contribution in [0.25, 0.3) is 0 Å². The number of hydrogen-bond donors (Lipinski definition) is 0. The van der Waals surface area contributed by atoms with Gasteiger partial charge in [0, 0.05) is 16.6 Å². The van der Waals surface area contributed by atoms with Gasteiger partial charge in [-0.15, -0.1) is 0 Å². The van der Waals surface area contributed by atoms with Crippen LogP contribution in [0.15, 0.2) is 12.1 Å². The van der Waals surface area contributed by atoms with Crippen molar-refractivity contribution in [3.8, 4) is 11.5 Å². The molecule has 0 aliphatic carbocycles. The molecule has 0 fully saturated rings. The van der Waals surface area contributed by atoms with Gasteiger partial charge in [-0.1, -0.05) is 11.6 Å². The predicted octanol–water partition coefficient (Wildman–Crippen LogP) is 1.82. The number of methoxy groups -OCH3 is 2. The molecule has 0 unspecified atom stereocenters. The van der Waals surface area contributed by atoms with Crippen LogP contribution in [-0.4, -0.2) is 31.5 Å². The summed E-state index contributed by atoms with van der Waals surface area (Å²) in [6.45, 7) is -0.810. The molecular weight excluding hydrogens is 250 g/mol. The smallest absolute Gasteiger partial charge is 0.265 e. The molecule has 6 nitrogen and oxygen atoms in total. The molecule has 0 saturated heterocycles. The molecule has 0 amide bonds. The molecule has 0 heterocycles. The maximum absolute atomic E-state index is 11.5. The van der Waals surface area contributed by atoms with E-state index in [9.17, 15) is 14.9 Å². The first-order valence-corrected chi connectivity index (χ1v) is 4.94. The fourth-order valence-electron chi connectivity index (χ4n) is 1.27. The van der Waals surface area contributed by atoms with E-state index in [4.69, 9.17) is 21.1 Å². The maximum Gasteiger partial charge on any atom is 0.265 e. The first-order valence-electron chi connectivity index (χ1n) is 4.56. The number of rotatable bonds is 5. The van der Waals surface area contributed by atoms with Crippen LogP contribution < -0.4 is 9.47 Å². The summed E-state index contributed by atoms with van der Waals surface area (Å²) in [4.78, 5) is 21.1. The number of benzene rings is 1. The van der Waals surface area contributed by atoms with Crippen molar-refractivity contribution in [3.63, 3.8) is 0 Å². The molecule has 7 heteroatoms.